The van der Waals surface area contributed by atoms with Crippen LogP contribution in [0.4, 0.5) is 5.69 Å². The fraction of sp³-hybridized carbons (Fsp3) is 0.125. The fourth-order valence-corrected chi connectivity index (χ4v) is 2.66. The first-order valence-electron chi connectivity index (χ1n) is 6.79. The summed E-state index contributed by atoms with van der Waals surface area (Å²) in [6, 6.07) is 11.6. The molecule has 2 aromatic rings. The third-order valence-electron chi connectivity index (χ3n) is 3.41. The van der Waals surface area contributed by atoms with Gasteiger partial charge in [-0.15, -0.1) is 0 Å². The van der Waals surface area contributed by atoms with Gasteiger partial charge in [-0.2, -0.15) is 0 Å². The Morgan fingerprint density at radius 3 is 2.76 bits per heavy atom. The van der Waals surface area contributed by atoms with Crippen molar-refractivity contribution in [2.75, 3.05) is 4.90 Å². The number of hydrogen-bond acceptors (Lipinski definition) is 2. The van der Waals surface area contributed by atoms with Gasteiger partial charge in [0.25, 0.3) is 5.91 Å². The molecule has 1 aromatic heterocycles. The lowest BCUT2D eigenvalue weighted by molar-refractivity contribution is -0.113. The molecule has 21 heavy (non-hydrogen) atoms. The van der Waals surface area contributed by atoms with Gasteiger partial charge in [0.05, 0.1) is 5.69 Å². The summed E-state index contributed by atoms with van der Waals surface area (Å²) < 4.78 is 0. The van der Waals surface area contributed by atoms with E-state index in [0.717, 1.165) is 23.4 Å². The molecule has 2 heterocycles. The van der Waals surface area contributed by atoms with E-state index in [0.29, 0.717) is 10.8 Å². The number of hydrogen-bond donors (Lipinski definition) is 2. The molecule has 1 aromatic carbocycles. The van der Waals surface area contributed by atoms with E-state index < -0.39 is 0 Å². The van der Waals surface area contributed by atoms with Crippen LogP contribution < -0.4 is 10.2 Å². The average Bonchev–Trinajstić information content (AvgIpc) is 3.09. The first kappa shape index (κ1) is 13.6. The highest BCUT2D eigenvalue weighted by Crippen LogP contribution is 2.26. The van der Waals surface area contributed by atoms with E-state index >= 15 is 0 Å². The average molecular weight is 297 g/mol. The summed E-state index contributed by atoms with van der Waals surface area (Å²) >= 11 is 5.32. The predicted octanol–water partition coefficient (Wildman–Crippen LogP) is 2.84. The van der Waals surface area contributed by atoms with Crippen molar-refractivity contribution in [3.8, 4) is 0 Å². The fourth-order valence-electron chi connectivity index (χ4n) is 2.37. The molecule has 1 aliphatic rings. The highest BCUT2D eigenvalue weighted by atomic mass is 32.1. The van der Waals surface area contributed by atoms with Crippen molar-refractivity contribution in [3.05, 3.63) is 59.5 Å². The molecule has 1 aliphatic heterocycles. The maximum atomic E-state index is 12.6. The minimum absolute atomic E-state index is 0.129. The van der Waals surface area contributed by atoms with Crippen molar-refractivity contribution >= 4 is 35.0 Å². The summed E-state index contributed by atoms with van der Waals surface area (Å²) in [5, 5.41) is 3.41. The van der Waals surface area contributed by atoms with Gasteiger partial charge in [-0.25, -0.2) is 0 Å². The number of nitrogens with one attached hydrogen (secondary N) is 2. The highest BCUT2D eigenvalue weighted by Gasteiger charge is 2.32. The van der Waals surface area contributed by atoms with Gasteiger partial charge in [-0.3, -0.25) is 9.69 Å². The molecule has 106 valence electrons. The van der Waals surface area contributed by atoms with E-state index in [9.17, 15) is 4.79 Å². The Kier molecular flexibility index (Phi) is 3.58. The minimum Gasteiger partial charge on any atom is -0.362 e. The molecule has 0 bridgehead atoms. The Balaban J connectivity index is 1.98. The number of aromatic amines is 1. The Hall–Kier alpha value is -2.40. The van der Waals surface area contributed by atoms with Gasteiger partial charge in [0.15, 0.2) is 5.11 Å². The molecule has 0 aliphatic carbocycles. The van der Waals surface area contributed by atoms with Gasteiger partial charge in [0, 0.05) is 11.9 Å². The zero-order chi connectivity index (χ0) is 14.8. The number of rotatable bonds is 3. The van der Waals surface area contributed by atoms with Crippen LogP contribution in [0.5, 0.6) is 0 Å². The van der Waals surface area contributed by atoms with Crippen LogP contribution in [0, 0.1) is 0 Å². The molecule has 0 saturated carbocycles. The Morgan fingerprint density at radius 2 is 2.05 bits per heavy atom. The van der Waals surface area contributed by atoms with E-state index in [-0.39, 0.29) is 5.91 Å². The van der Waals surface area contributed by atoms with Gasteiger partial charge in [-0.05, 0) is 48.5 Å². The van der Waals surface area contributed by atoms with Crippen molar-refractivity contribution in [3.63, 3.8) is 0 Å². The largest absolute Gasteiger partial charge is 0.362 e. The second kappa shape index (κ2) is 5.54. The molecular formula is C16H15N3OS. The normalized spacial score (nSPS) is 16.6. The molecule has 1 amide bonds. The van der Waals surface area contributed by atoms with Crippen molar-refractivity contribution in [2.45, 2.75) is 13.3 Å². The zero-order valence-corrected chi connectivity index (χ0v) is 12.4. The van der Waals surface area contributed by atoms with E-state index in [1.165, 1.54) is 0 Å². The number of carbonyl (C=O) groups is 1. The zero-order valence-electron chi connectivity index (χ0n) is 11.6. The number of aryl methyl sites for hydroxylation is 1. The predicted molar refractivity (Wildman–Crippen MR) is 87.8 cm³/mol. The Morgan fingerprint density at radius 1 is 1.24 bits per heavy atom. The molecule has 0 unspecified atom stereocenters. The number of anilines is 1. The third kappa shape index (κ3) is 2.48. The SMILES string of the molecule is CCc1ccccc1N1C(=O)/C(=C\c2ccc[nH]2)NC1=S. The molecule has 1 fully saturated rings. The first-order valence-corrected chi connectivity index (χ1v) is 7.20. The van der Waals surface area contributed by atoms with Gasteiger partial charge in [0.2, 0.25) is 0 Å². The number of thiocarbonyl (C=S) groups is 1. The smallest absolute Gasteiger partial charge is 0.281 e. The van der Waals surface area contributed by atoms with Gasteiger partial charge >= 0.3 is 0 Å². The van der Waals surface area contributed by atoms with Crippen molar-refractivity contribution in [2.24, 2.45) is 0 Å². The second-order valence-electron chi connectivity index (χ2n) is 4.74. The van der Waals surface area contributed by atoms with Crippen LogP contribution in [-0.2, 0) is 11.2 Å². The Labute approximate surface area is 128 Å². The van der Waals surface area contributed by atoms with Crippen LogP contribution in [-0.4, -0.2) is 16.0 Å². The summed E-state index contributed by atoms with van der Waals surface area (Å²) in [5.41, 5.74) is 3.28. The lowest BCUT2D eigenvalue weighted by Gasteiger charge is -2.17. The summed E-state index contributed by atoms with van der Waals surface area (Å²) in [4.78, 5) is 17.2. The molecule has 0 spiro atoms. The first-order chi connectivity index (χ1) is 10.2. The lowest BCUT2D eigenvalue weighted by atomic mass is 10.1. The summed E-state index contributed by atoms with van der Waals surface area (Å²) in [7, 11) is 0. The molecule has 5 heteroatoms. The maximum absolute atomic E-state index is 12.6. The van der Waals surface area contributed by atoms with Crippen molar-refractivity contribution in [1.82, 2.24) is 10.3 Å². The molecule has 3 rings (SSSR count). The van der Waals surface area contributed by atoms with Gasteiger partial charge in [-0.1, -0.05) is 25.1 Å². The number of amides is 1. The standard InChI is InChI=1S/C16H15N3OS/c1-2-11-6-3-4-8-14(11)19-15(20)13(18-16(19)21)10-12-7-5-9-17-12/h3-10,17H,2H2,1H3,(H,18,21)/b13-10+. The van der Waals surface area contributed by atoms with Crippen molar-refractivity contribution in [1.29, 1.82) is 0 Å². The van der Waals surface area contributed by atoms with Crippen LogP contribution in [0.3, 0.4) is 0 Å². The van der Waals surface area contributed by atoms with E-state index in [1.807, 2.05) is 42.6 Å². The highest BCUT2D eigenvalue weighted by molar-refractivity contribution is 7.80. The van der Waals surface area contributed by atoms with Crippen LogP contribution in [0.25, 0.3) is 6.08 Å². The maximum Gasteiger partial charge on any atom is 0.281 e. The molecule has 0 atom stereocenters. The van der Waals surface area contributed by atoms with Gasteiger partial charge < -0.3 is 10.3 Å². The number of benzene rings is 1. The minimum atomic E-state index is -0.129. The number of H-pyrrole nitrogens is 1. The van der Waals surface area contributed by atoms with Crippen molar-refractivity contribution < 1.29 is 4.79 Å². The molecular weight excluding hydrogens is 282 g/mol. The second-order valence-corrected chi connectivity index (χ2v) is 5.12. The summed E-state index contributed by atoms with van der Waals surface area (Å²) in [6.45, 7) is 2.06. The molecule has 1 saturated heterocycles. The van der Waals surface area contributed by atoms with Crippen LogP contribution in [0.1, 0.15) is 18.2 Å². The van der Waals surface area contributed by atoms with E-state index in [2.05, 4.69) is 17.2 Å². The lowest BCUT2D eigenvalue weighted by Crippen LogP contribution is -2.31. The van der Waals surface area contributed by atoms with Crippen LogP contribution in [0.15, 0.2) is 48.3 Å². The molecule has 2 N–H and O–H groups in total. The molecule has 4 nitrogen and oxygen atoms in total. The van der Waals surface area contributed by atoms with Crippen LogP contribution >= 0.6 is 12.2 Å². The third-order valence-corrected chi connectivity index (χ3v) is 3.70. The van der Waals surface area contributed by atoms with Gasteiger partial charge in [0.1, 0.15) is 5.70 Å². The van der Waals surface area contributed by atoms with Crippen LogP contribution in [0.2, 0.25) is 0 Å². The number of nitrogens with zero attached hydrogens (tertiary/aromatic N) is 1. The number of carbonyl (C=O) groups excluding carboxylic acids is 1. The topological polar surface area (TPSA) is 48.1 Å². The summed E-state index contributed by atoms with van der Waals surface area (Å²) in [6.07, 6.45) is 4.43. The molecule has 0 radical (unpaired) electrons. The number of para-hydroxylation sites is 1. The van der Waals surface area contributed by atoms with E-state index in [4.69, 9.17) is 12.2 Å². The number of aromatic nitrogens is 1. The van der Waals surface area contributed by atoms with E-state index in [1.54, 1.807) is 11.0 Å². The summed E-state index contributed by atoms with van der Waals surface area (Å²) in [5.74, 6) is -0.129. The quantitative estimate of drug-likeness (QED) is 0.676. The monoisotopic (exact) mass is 297 g/mol. The Bertz CT molecular complexity index is 719.